The topological polar surface area (TPSA) is 9.72 Å². The molecule has 0 saturated heterocycles. The Bertz CT molecular complexity index is 2740. The van der Waals surface area contributed by atoms with Gasteiger partial charge in [-0.25, -0.2) is 0 Å². The minimum atomic E-state index is -0.150. The van der Waals surface area contributed by atoms with Crippen molar-refractivity contribution in [3.8, 4) is 0 Å². The summed E-state index contributed by atoms with van der Waals surface area (Å²) in [5.74, 6) is 0. The van der Waals surface area contributed by atoms with Gasteiger partial charge in [0.2, 0.25) is 0 Å². The third-order valence-electron chi connectivity index (χ3n) is 15.1. The van der Waals surface area contributed by atoms with Crippen LogP contribution >= 0.6 is 0 Å². The van der Waals surface area contributed by atoms with Crippen molar-refractivity contribution < 1.29 is 0 Å². The van der Waals surface area contributed by atoms with Gasteiger partial charge in [-0.2, -0.15) is 0 Å². The van der Waals surface area contributed by atoms with Gasteiger partial charge < -0.3 is 14.7 Å². The fourth-order valence-electron chi connectivity index (χ4n) is 12.1. The summed E-state index contributed by atoms with van der Waals surface area (Å²) < 4.78 is 0. The average Bonchev–Trinajstić information content (AvgIpc) is 3.50. The normalized spacial score (nSPS) is 21.2. The van der Waals surface area contributed by atoms with E-state index in [0.717, 1.165) is 12.8 Å². The lowest BCUT2D eigenvalue weighted by Gasteiger charge is -2.47. The number of fused-ring (bicyclic) bond motifs is 7. The van der Waals surface area contributed by atoms with Crippen LogP contribution in [0.2, 0.25) is 0 Å². The quantitative estimate of drug-likeness (QED) is 0.165. The van der Waals surface area contributed by atoms with Crippen molar-refractivity contribution in [3.05, 3.63) is 150 Å². The third kappa shape index (κ3) is 5.90. The second-order valence-corrected chi connectivity index (χ2v) is 23.2. The second kappa shape index (κ2) is 12.9. The van der Waals surface area contributed by atoms with Crippen LogP contribution in [-0.4, -0.2) is 12.3 Å². The van der Waals surface area contributed by atoms with Gasteiger partial charge >= 0.3 is 0 Å². The van der Waals surface area contributed by atoms with Crippen LogP contribution in [0.1, 0.15) is 125 Å². The first-order chi connectivity index (χ1) is 28.6. The number of hydrogen-bond acceptors (Lipinski definition) is 3. The Morgan fingerprint density at radius 2 is 1.00 bits per heavy atom. The van der Waals surface area contributed by atoms with E-state index in [9.17, 15) is 0 Å². The van der Waals surface area contributed by atoms with E-state index in [1.165, 1.54) is 84.1 Å². The zero-order chi connectivity index (χ0) is 43.2. The first-order valence-corrected chi connectivity index (χ1v) is 22.7. The smallest absolute Gasteiger partial charge is 0.252 e. The lowest BCUT2D eigenvalue weighted by molar-refractivity contribution is 0.330. The maximum atomic E-state index is 2.80. The summed E-state index contributed by atoms with van der Waals surface area (Å²) in [6.45, 7) is 31.3. The molecule has 0 bridgehead atoms. The highest BCUT2D eigenvalue weighted by Crippen LogP contribution is 2.67. The molecular weight excluding hydrogens is 737 g/mol. The Morgan fingerprint density at radius 3 is 1.67 bits per heavy atom. The molecule has 6 aromatic rings. The zero-order valence-electron chi connectivity index (χ0n) is 39.0. The van der Waals surface area contributed by atoms with Crippen LogP contribution in [0.15, 0.2) is 127 Å². The molecule has 10 rings (SSSR count). The summed E-state index contributed by atoms with van der Waals surface area (Å²) in [6, 6.07) is 49.6. The van der Waals surface area contributed by atoms with E-state index in [1.54, 1.807) is 0 Å². The van der Waals surface area contributed by atoms with Crippen molar-refractivity contribution in [2.45, 2.75) is 130 Å². The van der Waals surface area contributed by atoms with Gasteiger partial charge in [0.1, 0.15) is 0 Å². The Kier molecular flexibility index (Phi) is 8.44. The highest BCUT2D eigenvalue weighted by Gasteiger charge is 2.64. The van der Waals surface area contributed by atoms with Gasteiger partial charge in [-0.1, -0.05) is 156 Å². The molecule has 0 aromatic heterocycles. The molecule has 61 heavy (non-hydrogen) atoms. The predicted octanol–water partition coefficient (Wildman–Crippen LogP) is 13.6. The van der Waals surface area contributed by atoms with Crippen LogP contribution in [0, 0.1) is 5.41 Å². The largest absolute Gasteiger partial charge is 0.334 e. The van der Waals surface area contributed by atoms with E-state index in [4.69, 9.17) is 0 Å². The van der Waals surface area contributed by atoms with E-state index in [-0.39, 0.29) is 39.3 Å². The average molecular weight is 802 g/mol. The molecule has 310 valence electrons. The summed E-state index contributed by atoms with van der Waals surface area (Å²) in [5.41, 5.74) is 19.7. The molecule has 3 nitrogen and oxygen atoms in total. The maximum absolute atomic E-state index is 2.80. The van der Waals surface area contributed by atoms with Crippen molar-refractivity contribution >= 4 is 68.6 Å². The molecule has 1 aliphatic carbocycles. The number of benzene rings is 6. The molecule has 1 fully saturated rings. The Balaban J connectivity index is 1.34. The monoisotopic (exact) mass is 802 g/mol. The predicted molar refractivity (Wildman–Crippen MR) is 264 cm³/mol. The Labute approximate surface area is 366 Å². The van der Waals surface area contributed by atoms with E-state index in [1.807, 2.05) is 0 Å². The van der Waals surface area contributed by atoms with Gasteiger partial charge in [-0.15, -0.1) is 0 Å². The fraction of sp³-hybridized carbons (Fsp3) is 0.368. The summed E-state index contributed by atoms with van der Waals surface area (Å²) >= 11 is 0. The Hall–Kier alpha value is -5.22. The van der Waals surface area contributed by atoms with E-state index >= 15 is 0 Å². The van der Waals surface area contributed by atoms with Crippen LogP contribution in [0.5, 0.6) is 0 Å². The van der Waals surface area contributed by atoms with E-state index in [2.05, 4.69) is 232 Å². The van der Waals surface area contributed by atoms with Crippen molar-refractivity contribution in [2.24, 2.45) is 5.41 Å². The molecule has 2 atom stereocenters. The molecule has 3 heterocycles. The first kappa shape index (κ1) is 39.9. The molecule has 0 spiro atoms. The van der Waals surface area contributed by atoms with Crippen LogP contribution in [0.3, 0.4) is 0 Å². The van der Waals surface area contributed by atoms with E-state index in [0.29, 0.717) is 0 Å². The lowest BCUT2D eigenvalue weighted by atomic mass is 9.33. The number of rotatable bonds is 3. The van der Waals surface area contributed by atoms with Crippen LogP contribution in [0.4, 0.5) is 45.5 Å². The molecular formula is C57H64BN3. The highest BCUT2D eigenvalue weighted by atomic mass is 15.3. The molecule has 0 radical (unpaired) electrons. The minimum absolute atomic E-state index is 0.00572. The molecule has 4 heteroatoms. The number of anilines is 8. The van der Waals surface area contributed by atoms with Gasteiger partial charge in [0.05, 0.1) is 5.54 Å². The van der Waals surface area contributed by atoms with Crippen LogP contribution in [0.25, 0.3) is 0 Å². The Morgan fingerprint density at radius 1 is 0.443 bits per heavy atom. The van der Waals surface area contributed by atoms with Gasteiger partial charge in [-0.05, 0) is 135 Å². The summed E-state index contributed by atoms with van der Waals surface area (Å²) in [4.78, 5) is 7.99. The standard InChI is InChI=1S/C57H64BN3/c1-52(2,3)37-20-19-23-41(30-37)60-48-32-39(54(7,8)9)26-28-45(48)58-44-24-17-18-25-47(44)59(40-21-15-14-16-22-40)49-33-42(34-50(60)51(49)58)61-46-29-27-38(53(4,5)6)31-43(46)56(12)35-55(10,11)36-57(56,61)13/h14-34H,35-36H2,1-13H3. The van der Waals surface area contributed by atoms with E-state index < -0.39 is 0 Å². The van der Waals surface area contributed by atoms with Crippen molar-refractivity contribution in [1.82, 2.24) is 0 Å². The molecule has 4 aliphatic rings. The van der Waals surface area contributed by atoms with Gasteiger partial charge in [0, 0.05) is 50.9 Å². The molecule has 0 amide bonds. The number of hydrogen-bond donors (Lipinski definition) is 0. The maximum Gasteiger partial charge on any atom is 0.252 e. The highest BCUT2D eigenvalue weighted by molar-refractivity contribution is 7.00. The number of para-hydroxylation sites is 2. The summed E-state index contributed by atoms with van der Waals surface area (Å²) in [5, 5.41) is 0. The van der Waals surface area contributed by atoms with Crippen molar-refractivity contribution in [2.75, 3.05) is 14.7 Å². The second-order valence-electron chi connectivity index (χ2n) is 23.2. The first-order valence-electron chi connectivity index (χ1n) is 22.7. The van der Waals surface area contributed by atoms with Crippen LogP contribution in [-0.2, 0) is 21.7 Å². The summed E-state index contributed by atoms with van der Waals surface area (Å²) in [7, 11) is 0. The molecule has 6 aromatic carbocycles. The molecule has 1 saturated carbocycles. The number of nitrogens with zero attached hydrogens (tertiary/aromatic N) is 3. The molecule has 2 unspecified atom stereocenters. The fourth-order valence-corrected chi connectivity index (χ4v) is 12.1. The van der Waals surface area contributed by atoms with Crippen molar-refractivity contribution in [1.29, 1.82) is 0 Å². The zero-order valence-corrected chi connectivity index (χ0v) is 39.0. The van der Waals surface area contributed by atoms with Gasteiger partial charge in [0.15, 0.2) is 0 Å². The third-order valence-corrected chi connectivity index (χ3v) is 15.1. The molecule has 0 N–H and O–H groups in total. The minimum Gasteiger partial charge on any atom is -0.334 e. The lowest BCUT2D eigenvalue weighted by Crippen LogP contribution is -2.61. The molecule has 3 aliphatic heterocycles. The summed E-state index contributed by atoms with van der Waals surface area (Å²) in [6.07, 6.45) is 2.25. The van der Waals surface area contributed by atoms with Gasteiger partial charge in [-0.3, -0.25) is 0 Å². The SMILES string of the molecule is CC1(C)CC2(C)c3cc(C(C)(C)C)ccc3N(c3cc4c5c(c3)N(c3cccc(C(C)(C)C)c3)c3cc(C(C)(C)C)ccc3B5c3ccccc3N4c3ccccc3)C2(C)C1. The van der Waals surface area contributed by atoms with Gasteiger partial charge in [0.25, 0.3) is 6.71 Å². The van der Waals surface area contributed by atoms with Crippen LogP contribution < -0.4 is 31.1 Å². The van der Waals surface area contributed by atoms with Crippen molar-refractivity contribution in [3.63, 3.8) is 0 Å².